The van der Waals surface area contributed by atoms with Crippen molar-refractivity contribution >= 4 is 28.3 Å². The minimum Gasteiger partial charge on any atom is -0.484 e. The largest absolute Gasteiger partial charge is 0.484 e. The first-order valence-electron chi connectivity index (χ1n) is 7.88. The summed E-state index contributed by atoms with van der Waals surface area (Å²) >= 11 is 1.40. The molecule has 126 valence electrons. The Bertz CT molecular complexity index is 668. The average molecular weight is 345 g/mol. The van der Waals surface area contributed by atoms with Crippen LogP contribution in [0.25, 0.3) is 0 Å². The summed E-state index contributed by atoms with van der Waals surface area (Å²) in [6.45, 7) is 1.18. The minimum absolute atomic E-state index is 0.0161. The monoisotopic (exact) mass is 345 g/mol. The molecule has 1 aliphatic rings. The van der Waals surface area contributed by atoms with Crippen LogP contribution in [-0.2, 0) is 9.59 Å². The first-order valence-corrected chi connectivity index (χ1v) is 8.76. The van der Waals surface area contributed by atoms with E-state index in [2.05, 4.69) is 10.3 Å². The van der Waals surface area contributed by atoms with Gasteiger partial charge >= 0.3 is 0 Å². The first kappa shape index (κ1) is 16.4. The number of benzene rings is 1. The second-order valence-electron chi connectivity index (χ2n) is 5.58. The molecule has 0 unspecified atom stereocenters. The lowest BCUT2D eigenvalue weighted by atomic mass is 9.96. The van der Waals surface area contributed by atoms with Crippen LogP contribution in [0.4, 0.5) is 5.13 Å². The zero-order valence-electron chi connectivity index (χ0n) is 13.2. The SMILES string of the molecule is O=C(Nc1nccs1)C1CCN(C(=O)COc2ccccc2)CC1. The molecular formula is C17H19N3O3S. The standard InChI is InChI=1S/C17H19N3O3S/c21-15(12-23-14-4-2-1-3-5-14)20-9-6-13(7-10-20)16(22)19-17-18-8-11-24-17/h1-5,8,11,13H,6-7,9-10,12H2,(H,18,19,22). The number of ether oxygens (including phenoxy) is 1. The number of anilines is 1. The van der Waals surface area contributed by atoms with Crippen LogP contribution < -0.4 is 10.1 Å². The van der Waals surface area contributed by atoms with Gasteiger partial charge in [-0.3, -0.25) is 9.59 Å². The Hall–Kier alpha value is -2.41. The molecule has 1 aromatic carbocycles. The topological polar surface area (TPSA) is 71.5 Å². The smallest absolute Gasteiger partial charge is 0.260 e. The van der Waals surface area contributed by atoms with Gasteiger partial charge in [0, 0.05) is 30.6 Å². The fraction of sp³-hybridized carbons (Fsp3) is 0.353. The molecule has 0 aliphatic carbocycles. The van der Waals surface area contributed by atoms with Gasteiger partial charge in [-0.2, -0.15) is 0 Å². The molecule has 1 N–H and O–H groups in total. The van der Waals surface area contributed by atoms with E-state index < -0.39 is 0 Å². The molecule has 2 aromatic rings. The number of aromatic nitrogens is 1. The number of carbonyl (C=O) groups excluding carboxylic acids is 2. The Morgan fingerprint density at radius 1 is 1.25 bits per heavy atom. The third-order valence-corrected chi connectivity index (χ3v) is 4.67. The molecule has 0 spiro atoms. The van der Waals surface area contributed by atoms with Crippen molar-refractivity contribution in [2.45, 2.75) is 12.8 Å². The summed E-state index contributed by atoms with van der Waals surface area (Å²) in [4.78, 5) is 30.2. The number of nitrogens with one attached hydrogen (secondary N) is 1. The molecule has 1 aliphatic heterocycles. The maximum Gasteiger partial charge on any atom is 0.260 e. The van der Waals surface area contributed by atoms with E-state index in [0.29, 0.717) is 36.8 Å². The fourth-order valence-electron chi connectivity index (χ4n) is 2.64. The van der Waals surface area contributed by atoms with Gasteiger partial charge in [0.25, 0.3) is 5.91 Å². The number of amides is 2. The molecule has 0 bridgehead atoms. The molecule has 3 rings (SSSR count). The van der Waals surface area contributed by atoms with E-state index in [-0.39, 0.29) is 24.3 Å². The molecule has 2 heterocycles. The van der Waals surface area contributed by atoms with Crippen molar-refractivity contribution < 1.29 is 14.3 Å². The normalized spacial score (nSPS) is 15.1. The van der Waals surface area contributed by atoms with Gasteiger partial charge in [0.1, 0.15) is 5.75 Å². The molecule has 0 radical (unpaired) electrons. The predicted molar refractivity (Wildman–Crippen MR) is 92.0 cm³/mol. The van der Waals surface area contributed by atoms with Crippen LogP contribution in [0.1, 0.15) is 12.8 Å². The number of hydrogen-bond acceptors (Lipinski definition) is 5. The Kier molecular flexibility index (Phi) is 5.43. The number of carbonyl (C=O) groups is 2. The van der Waals surface area contributed by atoms with Gasteiger partial charge in [-0.05, 0) is 25.0 Å². The maximum atomic E-state index is 12.2. The molecule has 0 atom stereocenters. The number of thiazole rings is 1. The van der Waals surface area contributed by atoms with Crippen LogP contribution in [0.2, 0.25) is 0 Å². The maximum absolute atomic E-state index is 12.2. The van der Waals surface area contributed by atoms with Gasteiger partial charge in [0.05, 0.1) is 0 Å². The number of para-hydroxylation sites is 1. The summed E-state index contributed by atoms with van der Waals surface area (Å²) in [6, 6.07) is 9.28. The van der Waals surface area contributed by atoms with E-state index in [9.17, 15) is 9.59 Å². The van der Waals surface area contributed by atoms with Crippen molar-refractivity contribution in [3.05, 3.63) is 41.9 Å². The van der Waals surface area contributed by atoms with Crippen LogP contribution >= 0.6 is 11.3 Å². The third kappa shape index (κ3) is 4.32. The van der Waals surface area contributed by atoms with Crippen LogP contribution in [0.15, 0.2) is 41.9 Å². The summed E-state index contributed by atoms with van der Waals surface area (Å²) in [5, 5.41) is 5.27. The van der Waals surface area contributed by atoms with Gasteiger partial charge in [-0.15, -0.1) is 11.3 Å². The molecule has 24 heavy (non-hydrogen) atoms. The molecule has 0 saturated carbocycles. The van der Waals surface area contributed by atoms with Gasteiger partial charge in [-0.25, -0.2) is 4.98 Å². The lowest BCUT2D eigenvalue weighted by Gasteiger charge is -2.31. The Morgan fingerprint density at radius 2 is 2.00 bits per heavy atom. The van der Waals surface area contributed by atoms with Gasteiger partial charge in [0.2, 0.25) is 5.91 Å². The van der Waals surface area contributed by atoms with Crippen molar-refractivity contribution in [3.63, 3.8) is 0 Å². The summed E-state index contributed by atoms with van der Waals surface area (Å²) in [6.07, 6.45) is 2.98. The molecule has 1 saturated heterocycles. The van der Waals surface area contributed by atoms with Crippen molar-refractivity contribution in [1.29, 1.82) is 0 Å². The van der Waals surface area contributed by atoms with Crippen molar-refractivity contribution in [1.82, 2.24) is 9.88 Å². The predicted octanol–water partition coefficient (Wildman–Crippen LogP) is 2.40. The molecular weight excluding hydrogens is 326 g/mol. The summed E-state index contributed by atoms with van der Waals surface area (Å²) in [5.74, 6) is 0.548. The molecule has 6 nitrogen and oxygen atoms in total. The molecule has 2 amide bonds. The van der Waals surface area contributed by atoms with Crippen molar-refractivity contribution in [2.75, 3.05) is 25.0 Å². The molecule has 1 fully saturated rings. The quantitative estimate of drug-likeness (QED) is 0.903. The van der Waals surface area contributed by atoms with Gasteiger partial charge in [-0.1, -0.05) is 18.2 Å². The number of nitrogens with zero attached hydrogens (tertiary/aromatic N) is 2. The second-order valence-corrected chi connectivity index (χ2v) is 6.48. The third-order valence-electron chi connectivity index (χ3n) is 3.99. The van der Waals surface area contributed by atoms with E-state index in [1.54, 1.807) is 11.1 Å². The number of hydrogen-bond donors (Lipinski definition) is 1. The highest BCUT2D eigenvalue weighted by molar-refractivity contribution is 7.13. The highest BCUT2D eigenvalue weighted by Gasteiger charge is 2.27. The van der Waals surface area contributed by atoms with Crippen molar-refractivity contribution in [2.24, 2.45) is 5.92 Å². The Labute approximate surface area is 144 Å². The lowest BCUT2D eigenvalue weighted by molar-refractivity contribution is -0.136. The average Bonchev–Trinajstić information content (AvgIpc) is 3.13. The summed E-state index contributed by atoms with van der Waals surface area (Å²) in [7, 11) is 0. The van der Waals surface area contributed by atoms with Crippen LogP contribution in [0.3, 0.4) is 0 Å². The zero-order valence-corrected chi connectivity index (χ0v) is 14.0. The summed E-state index contributed by atoms with van der Waals surface area (Å²) < 4.78 is 5.49. The number of rotatable bonds is 5. The number of piperidine rings is 1. The van der Waals surface area contributed by atoms with Gasteiger partial charge in [0.15, 0.2) is 11.7 Å². The molecule has 7 heteroatoms. The van der Waals surface area contributed by atoms with E-state index in [1.165, 1.54) is 11.3 Å². The molecule has 1 aromatic heterocycles. The minimum atomic E-state index is -0.0759. The van der Waals surface area contributed by atoms with Crippen LogP contribution in [-0.4, -0.2) is 41.4 Å². The highest BCUT2D eigenvalue weighted by Crippen LogP contribution is 2.20. The van der Waals surface area contributed by atoms with E-state index in [1.807, 2.05) is 35.7 Å². The highest BCUT2D eigenvalue weighted by atomic mass is 32.1. The Balaban J connectivity index is 1.42. The second kappa shape index (κ2) is 7.92. The first-order chi connectivity index (χ1) is 11.7. The van der Waals surface area contributed by atoms with E-state index in [0.717, 1.165) is 0 Å². The zero-order chi connectivity index (χ0) is 16.8. The Morgan fingerprint density at radius 3 is 2.67 bits per heavy atom. The fourth-order valence-corrected chi connectivity index (χ4v) is 3.17. The van der Waals surface area contributed by atoms with E-state index >= 15 is 0 Å². The van der Waals surface area contributed by atoms with Crippen molar-refractivity contribution in [3.8, 4) is 5.75 Å². The van der Waals surface area contributed by atoms with Crippen LogP contribution in [0, 0.1) is 5.92 Å². The van der Waals surface area contributed by atoms with Crippen LogP contribution in [0.5, 0.6) is 5.75 Å². The lowest BCUT2D eigenvalue weighted by Crippen LogP contribution is -2.43. The number of likely N-dealkylation sites (tertiary alicyclic amines) is 1. The summed E-state index contributed by atoms with van der Waals surface area (Å²) in [5.41, 5.74) is 0. The van der Waals surface area contributed by atoms with E-state index in [4.69, 9.17) is 4.74 Å². The van der Waals surface area contributed by atoms with Gasteiger partial charge < -0.3 is 15.0 Å².